The SMILES string of the molecule is Cc1ccccc1OCC(=O)Nc1ccc(C2(C)CC2)cc1. The van der Waals surface area contributed by atoms with Gasteiger partial charge in [-0.15, -0.1) is 0 Å². The molecule has 0 aromatic heterocycles. The van der Waals surface area contributed by atoms with Gasteiger partial charge in [0.2, 0.25) is 0 Å². The zero-order chi connectivity index (χ0) is 15.6. The van der Waals surface area contributed by atoms with Crippen LogP contribution in [0, 0.1) is 6.92 Å². The van der Waals surface area contributed by atoms with Crippen molar-refractivity contribution in [2.45, 2.75) is 32.1 Å². The van der Waals surface area contributed by atoms with E-state index in [0.29, 0.717) is 5.41 Å². The van der Waals surface area contributed by atoms with Gasteiger partial charge in [-0.25, -0.2) is 0 Å². The van der Waals surface area contributed by atoms with E-state index in [0.717, 1.165) is 17.0 Å². The van der Waals surface area contributed by atoms with Gasteiger partial charge in [0.25, 0.3) is 5.91 Å². The van der Waals surface area contributed by atoms with Gasteiger partial charge in [-0.2, -0.15) is 0 Å². The lowest BCUT2D eigenvalue weighted by Gasteiger charge is -2.11. The lowest BCUT2D eigenvalue weighted by Crippen LogP contribution is -2.20. The smallest absolute Gasteiger partial charge is 0.262 e. The quantitative estimate of drug-likeness (QED) is 0.903. The normalized spacial score (nSPS) is 15.2. The molecule has 0 atom stereocenters. The number of carbonyl (C=O) groups is 1. The third kappa shape index (κ3) is 3.30. The summed E-state index contributed by atoms with van der Waals surface area (Å²) in [6.45, 7) is 4.26. The van der Waals surface area contributed by atoms with Crippen LogP contribution in [0.1, 0.15) is 30.9 Å². The maximum atomic E-state index is 12.0. The summed E-state index contributed by atoms with van der Waals surface area (Å²) in [5, 5.41) is 2.87. The minimum atomic E-state index is -0.145. The van der Waals surface area contributed by atoms with Gasteiger partial charge in [0.1, 0.15) is 5.75 Å². The Morgan fingerprint density at radius 1 is 1.14 bits per heavy atom. The Labute approximate surface area is 131 Å². The largest absolute Gasteiger partial charge is 0.483 e. The highest BCUT2D eigenvalue weighted by Gasteiger charge is 2.38. The molecule has 1 fully saturated rings. The topological polar surface area (TPSA) is 38.3 Å². The molecule has 2 aromatic rings. The number of para-hydroxylation sites is 1. The van der Waals surface area contributed by atoms with Crippen molar-refractivity contribution in [2.24, 2.45) is 0 Å². The number of anilines is 1. The molecule has 3 heteroatoms. The molecular formula is C19H21NO2. The summed E-state index contributed by atoms with van der Waals surface area (Å²) >= 11 is 0. The van der Waals surface area contributed by atoms with E-state index in [-0.39, 0.29) is 12.5 Å². The van der Waals surface area contributed by atoms with Crippen LogP contribution in [0.25, 0.3) is 0 Å². The summed E-state index contributed by atoms with van der Waals surface area (Å²) in [4.78, 5) is 12.0. The van der Waals surface area contributed by atoms with Gasteiger partial charge >= 0.3 is 0 Å². The number of amides is 1. The lowest BCUT2D eigenvalue weighted by atomic mass is 9.98. The number of aryl methyl sites for hydroxylation is 1. The minimum absolute atomic E-state index is 0.0182. The van der Waals surface area contributed by atoms with E-state index >= 15 is 0 Å². The summed E-state index contributed by atoms with van der Waals surface area (Å²) in [5.74, 6) is 0.600. The van der Waals surface area contributed by atoms with Crippen LogP contribution in [0.2, 0.25) is 0 Å². The van der Waals surface area contributed by atoms with Crippen molar-refractivity contribution in [3.63, 3.8) is 0 Å². The molecule has 3 rings (SSSR count). The second-order valence-electron chi connectivity index (χ2n) is 6.24. The van der Waals surface area contributed by atoms with E-state index in [4.69, 9.17) is 4.74 Å². The summed E-state index contributed by atoms with van der Waals surface area (Å²) in [6, 6.07) is 15.8. The van der Waals surface area contributed by atoms with Crippen LogP contribution in [-0.4, -0.2) is 12.5 Å². The Balaban J connectivity index is 1.54. The monoisotopic (exact) mass is 295 g/mol. The van der Waals surface area contributed by atoms with Gasteiger partial charge in [-0.1, -0.05) is 37.3 Å². The molecule has 1 amide bonds. The maximum absolute atomic E-state index is 12.0. The molecule has 0 spiro atoms. The summed E-state index contributed by atoms with van der Waals surface area (Å²) in [7, 11) is 0. The summed E-state index contributed by atoms with van der Waals surface area (Å²) in [5.41, 5.74) is 3.54. The number of hydrogen-bond donors (Lipinski definition) is 1. The molecule has 0 heterocycles. The van der Waals surface area contributed by atoms with Gasteiger partial charge in [0, 0.05) is 5.69 Å². The lowest BCUT2D eigenvalue weighted by molar-refractivity contribution is -0.118. The molecule has 0 bridgehead atoms. The highest BCUT2D eigenvalue weighted by Crippen LogP contribution is 2.47. The number of carbonyl (C=O) groups excluding carboxylic acids is 1. The van der Waals surface area contributed by atoms with Gasteiger partial charge in [-0.3, -0.25) is 4.79 Å². The first-order chi connectivity index (χ1) is 10.6. The third-order valence-electron chi connectivity index (χ3n) is 4.32. The molecule has 1 N–H and O–H groups in total. The Kier molecular flexibility index (Phi) is 3.88. The van der Waals surface area contributed by atoms with Crippen LogP contribution in [0.4, 0.5) is 5.69 Å². The van der Waals surface area contributed by atoms with E-state index in [1.165, 1.54) is 18.4 Å². The number of rotatable bonds is 5. The van der Waals surface area contributed by atoms with Crippen molar-refractivity contribution in [3.8, 4) is 5.75 Å². The average Bonchev–Trinajstić information content (AvgIpc) is 3.26. The molecular weight excluding hydrogens is 274 g/mol. The van der Waals surface area contributed by atoms with Gasteiger partial charge in [-0.05, 0) is 54.5 Å². The predicted molar refractivity (Wildman–Crippen MR) is 88.3 cm³/mol. The van der Waals surface area contributed by atoms with Gasteiger partial charge in [0.05, 0.1) is 0 Å². The third-order valence-corrected chi connectivity index (χ3v) is 4.32. The highest BCUT2D eigenvalue weighted by molar-refractivity contribution is 5.91. The van der Waals surface area contributed by atoms with Crippen LogP contribution in [-0.2, 0) is 10.2 Å². The van der Waals surface area contributed by atoms with E-state index < -0.39 is 0 Å². The number of nitrogens with one attached hydrogen (secondary N) is 1. The Bertz CT molecular complexity index is 672. The highest BCUT2D eigenvalue weighted by atomic mass is 16.5. The zero-order valence-electron chi connectivity index (χ0n) is 13.1. The molecule has 2 aromatic carbocycles. The second-order valence-corrected chi connectivity index (χ2v) is 6.24. The molecule has 114 valence electrons. The van der Waals surface area contributed by atoms with Gasteiger partial charge in [0.15, 0.2) is 6.61 Å². The van der Waals surface area contributed by atoms with Crippen molar-refractivity contribution in [2.75, 3.05) is 11.9 Å². The summed E-state index contributed by atoms with van der Waals surface area (Å²) in [6.07, 6.45) is 2.51. The van der Waals surface area contributed by atoms with Crippen LogP contribution in [0.15, 0.2) is 48.5 Å². The first-order valence-corrected chi connectivity index (χ1v) is 7.66. The molecule has 1 saturated carbocycles. The average molecular weight is 295 g/mol. The fourth-order valence-corrected chi connectivity index (χ4v) is 2.49. The molecule has 1 aliphatic carbocycles. The van der Waals surface area contributed by atoms with Gasteiger partial charge < -0.3 is 10.1 Å². The Morgan fingerprint density at radius 2 is 1.82 bits per heavy atom. The van der Waals surface area contributed by atoms with E-state index in [1.54, 1.807) is 0 Å². The maximum Gasteiger partial charge on any atom is 0.262 e. The van der Waals surface area contributed by atoms with Crippen LogP contribution >= 0.6 is 0 Å². The van der Waals surface area contributed by atoms with Crippen molar-refractivity contribution in [1.82, 2.24) is 0 Å². The fraction of sp³-hybridized carbons (Fsp3) is 0.316. The van der Waals surface area contributed by atoms with Crippen molar-refractivity contribution >= 4 is 11.6 Å². The minimum Gasteiger partial charge on any atom is -0.483 e. The predicted octanol–water partition coefficient (Wildman–Crippen LogP) is 4.06. The van der Waals surface area contributed by atoms with Crippen LogP contribution in [0.3, 0.4) is 0 Å². The fourth-order valence-electron chi connectivity index (χ4n) is 2.49. The Hall–Kier alpha value is -2.29. The number of hydrogen-bond acceptors (Lipinski definition) is 2. The standard InChI is InChI=1S/C19H21NO2/c1-14-5-3-4-6-17(14)22-13-18(21)20-16-9-7-15(8-10-16)19(2)11-12-19/h3-10H,11-13H2,1-2H3,(H,20,21). The van der Waals surface area contributed by atoms with Crippen LogP contribution < -0.4 is 10.1 Å². The zero-order valence-corrected chi connectivity index (χ0v) is 13.1. The van der Waals surface area contributed by atoms with Crippen molar-refractivity contribution in [1.29, 1.82) is 0 Å². The molecule has 1 aliphatic rings. The van der Waals surface area contributed by atoms with Crippen LogP contribution in [0.5, 0.6) is 5.75 Å². The van der Waals surface area contributed by atoms with E-state index in [2.05, 4.69) is 24.4 Å². The first-order valence-electron chi connectivity index (χ1n) is 7.66. The summed E-state index contributed by atoms with van der Waals surface area (Å²) < 4.78 is 5.55. The molecule has 0 radical (unpaired) electrons. The molecule has 0 saturated heterocycles. The number of ether oxygens (including phenoxy) is 1. The molecule has 0 aliphatic heterocycles. The molecule has 0 unspecified atom stereocenters. The second kappa shape index (κ2) is 5.84. The van der Waals surface area contributed by atoms with Crippen molar-refractivity contribution < 1.29 is 9.53 Å². The van der Waals surface area contributed by atoms with E-state index in [1.807, 2.05) is 43.3 Å². The van der Waals surface area contributed by atoms with Crippen molar-refractivity contribution in [3.05, 3.63) is 59.7 Å². The Morgan fingerprint density at radius 3 is 2.45 bits per heavy atom. The number of benzene rings is 2. The van der Waals surface area contributed by atoms with E-state index in [9.17, 15) is 4.79 Å². The first kappa shape index (κ1) is 14.6. The molecule has 22 heavy (non-hydrogen) atoms. The molecule has 3 nitrogen and oxygen atoms in total.